The second kappa shape index (κ2) is 12.1. The number of allylic oxidation sites excluding steroid dienone is 3. The smallest absolute Gasteiger partial charge is 0.323 e. The van der Waals surface area contributed by atoms with Crippen LogP contribution in [-0.4, -0.2) is 41.6 Å². The highest BCUT2D eigenvalue weighted by Crippen LogP contribution is 2.26. The number of ether oxygens (including phenoxy) is 1. The number of rotatable bonds is 9. The molecule has 9 nitrogen and oxygen atoms in total. The first-order valence-corrected chi connectivity index (χ1v) is 11.0. The molecule has 9 heteroatoms. The van der Waals surface area contributed by atoms with E-state index >= 15 is 0 Å². The molecule has 0 radical (unpaired) electrons. The van der Waals surface area contributed by atoms with Crippen molar-refractivity contribution in [1.29, 1.82) is 0 Å². The molecule has 0 fully saturated rings. The average molecular weight is 477 g/mol. The molecular formula is C26H28N4O5. The highest BCUT2D eigenvalue weighted by atomic mass is 16.5. The molecule has 35 heavy (non-hydrogen) atoms. The Balaban J connectivity index is 1.57. The molecule has 0 saturated carbocycles. The number of carbonyl (C=O) groups is 3. The SMILES string of the molecule is COc1cc(CC(=O)NC2=CC=CN(CCC(=O)O)C=C2)ccc1NC(=O)Nc1ccccc1C. The Bertz CT molecular complexity index is 1190. The number of carbonyl (C=O) groups excluding carboxylic acids is 2. The molecule has 0 atom stereocenters. The van der Waals surface area contributed by atoms with Gasteiger partial charge in [-0.3, -0.25) is 9.59 Å². The minimum Gasteiger partial charge on any atom is -0.495 e. The highest BCUT2D eigenvalue weighted by molar-refractivity contribution is 6.01. The van der Waals surface area contributed by atoms with Gasteiger partial charge < -0.3 is 30.7 Å². The number of nitrogens with zero attached hydrogens (tertiary/aromatic N) is 1. The van der Waals surface area contributed by atoms with E-state index in [4.69, 9.17) is 9.84 Å². The van der Waals surface area contributed by atoms with Gasteiger partial charge in [-0.05, 0) is 54.5 Å². The highest BCUT2D eigenvalue weighted by Gasteiger charge is 2.12. The van der Waals surface area contributed by atoms with Crippen LogP contribution in [0.1, 0.15) is 17.5 Å². The lowest BCUT2D eigenvalue weighted by molar-refractivity contribution is -0.137. The lowest BCUT2D eigenvalue weighted by Gasteiger charge is -2.14. The van der Waals surface area contributed by atoms with E-state index < -0.39 is 12.0 Å². The lowest BCUT2D eigenvalue weighted by atomic mass is 10.1. The maximum Gasteiger partial charge on any atom is 0.323 e. The molecule has 0 bridgehead atoms. The summed E-state index contributed by atoms with van der Waals surface area (Å²) in [4.78, 5) is 37.5. The Hall–Kier alpha value is -4.53. The van der Waals surface area contributed by atoms with Gasteiger partial charge in [-0.1, -0.05) is 24.3 Å². The Labute approximate surface area is 203 Å². The van der Waals surface area contributed by atoms with Gasteiger partial charge >= 0.3 is 12.0 Å². The van der Waals surface area contributed by atoms with Crippen molar-refractivity contribution in [1.82, 2.24) is 10.2 Å². The molecule has 2 aromatic rings. The quantitative estimate of drug-likeness (QED) is 0.434. The van der Waals surface area contributed by atoms with Crippen molar-refractivity contribution in [3.63, 3.8) is 0 Å². The van der Waals surface area contributed by atoms with Crippen LogP contribution < -0.4 is 20.7 Å². The summed E-state index contributed by atoms with van der Waals surface area (Å²) in [5.41, 5.74) is 3.42. The summed E-state index contributed by atoms with van der Waals surface area (Å²) in [5.74, 6) is -0.671. The number of methoxy groups -OCH3 is 1. The summed E-state index contributed by atoms with van der Waals surface area (Å²) in [6.45, 7) is 2.24. The number of carboxylic acid groups (broad SMARTS) is 1. The van der Waals surface area contributed by atoms with Crippen LogP contribution in [-0.2, 0) is 16.0 Å². The van der Waals surface area contributed by atoms with Crippen LogP contribution in [0.3, 0.4) is 0 Å². The number of amides is 3. The van der Waals surface area contributed by atoms with Crippen molar-refractivity contribution in [2.75, 3.05) is 24.3 Å². The molecule has 3 amide bonds. The minimum absolute atomic E-state index is 0.0105. The number of hydrogen-bond acceptors (Lipinski definition) is 5. The fraction of sp³-hybridized carbons (Fsp3) is 0.192. The Morgan fingerprint density at radius 2 is 1.77 bits per heavy atom. The van der Waals surface area contributed by atoms with Crippen LogP contribution in [0.4, 0.5) is 16.2 Å². The summed E-state index contributed by atoms with van der Waals surface area (Å²) in [6, 6.07) is 12.2. The fourth-order valence-electron chi connectivity index (χ4n) is 3.32. The standard InChI is InChI=1S/C26H28N4O5/c1-18-6-3-4-8-21(18)28-26(34)29-22-10-9-19(16-23(22)35-2)17-24(31)27-20-7-5-13-30(14-11-20)15-12-25(32)33/h3-11,13-14,16H,12,15,17H2,1-2H3,(H,27,31)(H,32,33)(H2,28,29,34). The van der Waals surface area contributed by atoms with E-state index in [0.717, 1.165) is 5.56 Å². The number of aryl methyl sites for hydroxylation is 1. The number of anilines is 2. The Morgan fingerprint density at radius 1 is 1.00 bits per heavy atom. The molecule has 0 saturated heterocycles. The van der Waals surface area contributed by atoms with E-state index in [-0.39, 0.29) is 18.7 Å². The normalized spacial score (nSPS) is 12.4. The fourth-order valence-corrected chi connectivity index (χ4v) is 3.32. The zero-order valence-corrected chi connectivity index (χ0v) is 19.6. The van der Waals surface area contributed by atoms with Crippen molar-refractivity contribution >= 4 is 29.3 Å². The van der Waals surface area contributed by atoms with Gasteiger partial charge in [0.25, 0.3) is 0 Å². The van der Waals surface area contributed by atoms with Crippen molar-refractivity contribution in [3.05, 3.63) is 89.9 Å². The van der Waals surface area contributed by atoms with Gasteiger partial charge in [0.1, 0.15) is 5.75 Å². The number of benzene rings is 2. The maximum absolute atomic E-state index is 12.6. The van der Waals surface area contributed by atoms with Gasteiger partial charge in [-0.2, -0.15) is 0 Å². The molecule has 3 rings (SSSR count). The van der Waals surface area contributed by atoms with Crippen LogP contribution in [0.5, 0.6) is 5.75 Å². The van der Waals surface area contributed by atoms with Crippen LogP contribution in [0, 0.1) is 6.92 Å². The minimum atomic E-state index is -0.874. The van der Waals surface area contributed by atoms with E-state index in [9.17, 15) is 14.4 Å². The van der Waals surface area contributed by atoms with Gasteiger partial charge in [-0.15, -0.1) is 0 Å². The monoisotopic (exact) mass is 476 g/mol. The first kappa shape index (κ1) is 25.1. The molecule has 2 aromatic carbocycles. The maximum atomic E-state index is 12.6. The molecule has 0 spiro atoms. The summed E-state index contributed by atoms with van der Waals surface area (Å²) >= 11 is 0. The second-order valence-electron chi connectivity index (χ2n) is 7.81. The van der Waals surface area contributed by atoms with Gasteiger partial charge in [-0.25, -0.2) is 4.79 Å². The third-order valence-corrected chi connectivity index (χ3v) is 5.14. The Morgan fingerprint density at radius 3 is 2.51 bits per heavy atom. The van der Waals surface area contributed by atoms with Gasteiger partial charge in [0.05, 0.1) is 25.6 Å². The molecule has 4 N–H and O–H groups in total. The van der Waals surface area contributed by atoms with E-state index in [1.807, 2.05) is 31.2 Å². The van der Waals surface area contributed by atoms with Crippen LogP contribution in [0.2, 0.25) is 0 Å². The molecule has 1 aliphatic heterocycles. The van der Waals surface area contributed by atoms with Crippen molar-refractivity contribution in [3.8, 4) is 5.75 Å². The van der Waals surface area contributed by atoms with Gasteiger partial charge in [0.15, 0.2) is 0 Å². The van der Waals surface area contributed by atoms with Crippen molar-refractivity contribution < 1.29 is 24.2 Å². The second-order valence-corrected chi connectivity index (χ2v) is 7.81. The number of para-hydroxylation sites is 1. The third-order valence-electron chi connectivity index (χ3n) is 5.14. The summed E-state index contributed by atoms with van der Waals surface area (Å²) in [6.07, 6.45) is 8.74. The number of hydrogen-bond donors (Lipinski definition) is 4. The first-order valence-electron chi connectivity index (χ1n) is 11.0. The first-order chi connectivity index (χ1) is 16.8. The zero-order chi connectivity index (χ0) is 25.2. The summed E-state index contributed by atoms with van der Waals surface area (Å²) in [7, 11) is 1.49. The molecule has 0 aromatic heterocycles. The van der Waals surface area contributed by atoms with E-state index in [2.05, 4.69) is 16.0 Å². The van der Waals surface area contributed by atoms with E-state index in [0.29, 0.717) is 34.9 Å². The molecule has 0 aliphatic carbocycles. The predicted molar refractivity (Wildman–Crippen MR) is 134 cm³/mol. The van der Waals surface area contributed by atoms with Crippen LogP contribution in [0.25, 0.3) is 0 Å². The molecule has 0 unspecified atom stereocenters. The van der Waals surface area contributed by atoms with Crippen molar-refractivity contribution in [2.45, 2.75) is 19.8 Å². The number of carboxylic acids is 1. The topological polar surface area (TPSA) is 120 Å². The Kier molecular flexibility index (Phi) is 8.66. The summed E-state index contributed by atoms with van der Waals surface area (Å²) in [5, 5.41) is 17.2. The zero-order valence-electron chi connectivity index (χ0n) is 19.6. The van der Waals surface area contributed by atoms with Crippen LogP contribution in [0.15, 0.2) is 78.8 Å². The molecule has 1 aliphatic rings. The lowest BCUT2D eigenvalue weighted by Crippen LogP contribution is -2.24. The number of nitrogens with one attached hydrogen (secondary N) is 3. The molecule has 182 valence electrons. The third kappa shape index (κ3) is 7.78. The molecule has 1 heterocycles. The number of aliphatic carboxylic acids is 1. The van der Waals surface area contributed by atoms with E-state index in [1.54, 1.807) is 53.7 Å². The largest absolute Gasteiger partial charge is 0.495 e. The van der Waals surface area contributed by atoms with Gasteiger partial charge in [0, 0.05) is 30.3 Å². The molecular weight excluding hydrogens is 448 g/mol. The van der Waals surface area contributed by atoms with E-state index in [1.165, 1.54) is 7.11 Å². The predicted octanol–water partition coefficient (Wildman–Crippen LogP) is 4.01. The van der Waals surface area contributed by atoms with Gasteiger partial charge in [0.2, 0.25) is 5.91 Å². The summed E-state index contributed by atoms with van der Waals surface area (Å²) < 4.78 is 5.41. The average Bonchev–Trinajstić information content (AvgIpc) is 3.05. The number of urea groups is 1. The van der Waals surface area contributed by atoms with Crippen molar-refractivity contribution in [2.24, 2.45) is 0 Å². The van der Waals surface area contributed by atoms with Crippen LogP contribution >= 0.6 is 0 Å².